The quantitative estimate of drug-likeness (QED) is 0.320. The highest BCUT2D eigenvalue weighted by molar-refractivity contribution is 7.14. The van der Waals surface area contributed by atoms with Gasteiger partial charge in [0.1, 0.15) is 17.0 Å². The fourth-order valence-corrected chi connectivity index (χ4v) is 4.21. The summed E-state index contributed by atoms with van der Waals surface area (Å²) < 4.78 is 6.26. The van der Waals surface area contributed by atoms with Gasteiger partial charge in [-0.05, 0) is 52.7 Å². The van der Waals surface area contributed by atoms with E-state index in [0.717, 1.165) is 46.1 Å². The van der Waals surface area contributed by atoms with Gasteiger partial charge in [0.15, 0.2) is 5.13 Å². The second kappa shape index (κ2) is 9.20. The van der Waals surface area contributed by atoms with Crippen molar-refractivity contribution in [2.75, 3.05) is 11.9 Å². The van der Waals surface area contributed by atoms with Gasteiger partial charge in [0.25, 0.3) is 0 Å². The van der Waals surface area contributed by atoms with Gasteiger partial charge in [0, 0.05) is 29.3 Å². The molecule has 0 aliphatic carbocycles. The molecule has 0 spiro atoms. The van der Waals surface area contributed by atoms with Crippen LogP contribution in [0.25, 0.3) is 27.1 Å². The summed E-state index contributed by atoms with van der Waals surface area (Å²) in [6, 6.07) is 6.27. The van der Waals surface area contributed by atoms with Crippen LogP contribution in [0.3, 0.4) is 0 Å². The van der Waals surface area contributed by atoms with Gasteiger partial charge in [-0.25, -0.2) is 16.5 Å². The topological polar surface area (TPSA) is 51.4 Å². The van der Waals surface area contributed by atoms with Crippen molar-refractivity contribution in [3.05, 3.63) is 45.6 Å². The van der Waals surface area contributed by atoms with E-state index in [1.54, 1.807) is 11.3 Å². The molecule has 0 aliphatic heterocycles. The van der Waals surface area contributed by atoms with Crippen molar-refractivity contribution >= 4 is 39.0 Å². The predicted molar refractivity (Wildman–Crippen MR) is 127 cm³/mol. The lowest BCUT2D eigenvalue weighted by Crippen LogP contribution is -2.23. The van der Waals surface area contributed by atoms with E-state index in [2.05, 4.69) is 24.0 Å². The minimum atomic E-state index is -0.362. The molecule has 0 unspecified atom stereocenters. The van der Waals surface area contributed by atoms with Crippen LogP contribution in [0.4, 0.5) is 5.13 Å². The number of aryl methyl sites for hydroxylation is 1. The smallest absolute Gasteiger partial charge is 0.215 e. The van der Waals surface area contributed by atoms with Crippen LogP contribution in [0.15, 0.2) is 23.6 Å². The number of anilines is 1. The second-order valence-electron chi connectivity index (χ2n) is 8.48. The van der Waals surface area contributed by atoms with E-state index in [9.17, 15) is 0 Å². The van der Waals surface area contributed by atoms with Gasteiger partial charge in [0.05, 0.1) is 16.2 Å². The first-order chi connectivity index (χ1) is 14.2. The first kappa shape index (κ1) is 22.3. The minimum Gasteiger partial charge on any atom is -0.487 e. The largest absolute Gasteiger partial charge is 0.487 e. The number of benzene rings is 1. The van der Waals surface area contributed by atoms with E-state index < -0.39 is 0 Å². The molecule has 2 heterocycles. The summed E-state index contributed by atoms with van der Waals surface area (Å²) >= 11 is 8.33. The van der Waals surface area contributed by atoms with Crippen LogP contribution < -0.4 is 10.1 Å². The van der Waals surface area contributed by atoms with Crippen molar-refractivity contribution in [1.29, 1.82) is 0 Å². The van der Waals surface area contributed by atoms with E-state index in [-0.39, 0.29) is 5.60 Å². The van der Waals surface area contributed by atoms with Crippen LogP contribution in [0, 0.1) is 6.57 Å². The van der Waals surface area contributed by atoms with Gasteiger partial charge in [-0.2, -0.15) is 0 Å². The molecule has 7 heteroatoms. The highest BCUT2D eigenvalue weighted by Crippen LogP contribution is 2.37. The molecule has 1 N–H and O–H groups in total. The molecule has 5 nitrogen and oxygen atoms in total. The average molecular weight is 443 g/mol. The van der Waals surface area contributed by atoms with Gasteiger partial charge < -0.3 is 14.9 Å². The molecule has 0 aliphatic rings. The Hall–Kier alpha value is -2.36. The maximum atomic E-state index is 6.98. The molecular weight excluding hydrogens is 416 g/mol. The standard InChI is InChI=1S/C23H27ClN4OS/c1-14(2)26-22-28-18(13-30-22)17-12-19(29-23(3,4)5)16-10-9-15(8-7-11-25-6)20(24)21(16)27-17/h9-10,12-14H,7-8,11H2,1-5H3,(H,26,28). The summed E-state index contributed by atoms with van der Waals surface area (Å²) in [6.07, 6.45) is 1.52. The number of pyridine rings is 1. The number of halogens is 1. The molecular formula is C23H27ClN4OS. The molecule has 0 atom stereocenters. The summed E-state index contributed by atoms with van der Waals surface area (Å²) in [5, 5.41) is 7.68. The fraction of sp³-hybridized carbons (Fsp3) is 0.435. The zero-order chi connectivity index (χ0) is 21.9. The Morgan fingerprint density at radius 3 is 2.67 bits per heavy atom. The maximum absolute atomic E-state index is 6.98. The van der Waals surface area contributed by atoms with Crippen molar-refractivity contribution in [3.8, 4) is 17.1 Å². The molecule has 0 fully saturated rings. The lowest BCUT2D eigenvalue weighted by molar-refractivity contribution is 0.133. The predicted octanol–water partition coefficient (Wildman–Crippen LogP) is 6.86. The van der Waals surface area contributed by atoms with Crippen molar-refractivity contribution in [1.82, 2.24) is 9.97 Å². The molecule has 2 aromatic heterocycles. The molecule has 0 bridgehead atoms. The highest BCUT2D eigenvalue weighted by Gasteiger charge is 2.19. The molecule has 0 saturated heterocycles. The number of thiazole rings is 1. The number of nitrogens with one attached hydrogen (secondary N) is 1. The monoisotopic (exact) mass is 442 g/mol. The van der Waals surface area contributed by atoms with Gasteiger partial charge in [-0.15, -0.1) is 11.3 Å². The number of aromatic nitrogens is 2. The number of rotatable bonds is 7. The van der Waals surface area contributed by atoms with Crippen LogP contribution in [0.2, 0.25) is 5.02 Å². The zero-order valence-electron chi connectivity index (χ0n) is 18.0. The van der Waals surface area contributed by atoms with Crippen LogP contribution >= 0.6 is 22.9 Å². The third-order valence-corrected chi connectivity index (χ3v) is 5.47. The van der Waals surface area contributed by atoms with Crippen molar-refractivity contribution in [2.45, 2.75) is 59.1 Å². The fourth-order valence-electron chi connectivity index (χ4n) is 3.06. The normalized spacial score (nSPS) is 11.7. The van der Waals surface area contributed by atoms with Crippen molar-refractivity contribution in [3.63, 3.8) is 0 Å². The van der Waals surface area contributed by atoms with Crippen LogP contribution in [0.5, 0.6) is 5.75 Å². The molecule has 1 aromatic carbocycles. The molecule has 0 radical (unpaired) electrons. The van der Waals surface area contributed by atoms with E-state index in [4.69, 9.17) is 32.9 Å². The lowest BCUT2D eigenvalue weighted by atomic mass is 10.0. The van der Waals surface area contributed by atoms with Gasteiger partial charge in [0.2, 0.25) is 6.54 Å². The highest BCUT2D eigenvalue weighted by atomic mass is 35.5. The number of hydrogen-bond donors (Lipinski definition) is 1. The molecule has 3 aromatic rings. The zero-order valence-corrected chi connectivity index (χ0v) is 19.6. The minimum absolute atomic E-state index is 0.306. The summed E-state index contributed by atoms with van der Waals surface area (Å²) in [7, 11) is 0. The SMILES string of the molecule is [C-]#[N+]CCCc1ccc2c(OC(C)(C)C)cc(-c3csc(NC(C)C)n3)nc2c1Cl. The number of fused-ring (bicyclic) bond motifs is 1. The van der Waals surface area contributed by atoms with Crippen LogP contribution in [0.1, 0.15) is 46.6 Å². The molecule has 3 rings (SSSR count). The summed E-state index contributed by atoms with van der Waals surface area (Å²) in [5.41, 5.74) is 2.87. The molecule has 30 heavy (non-hydrogen) atoms. The van der Waals surface area contributed by atoms with Gasteiger partial charge in [-0.3, -0.25) is 0 Å². The summed E-state index contributed by atoms with van der Waals surface area (Å²) in [6.45, 7) is 17.7. The third kappa shape index (κ3) is 5.41. The van der Waals surface area contributed by atoms with Crippen molar-refractivity contribution in [2.24, 2.45) is 0 Å². The van der Waals surface area contributed by atoms with Gasteiger partial charge >= 0.3 is 0 Å². The Morgan fingerprint density at radius 1 is 1.23 bits per heavy atom. The van der Waals surface area contributed by atoms with Crippen LogP contribution in [-0.4, -0.2) is 28.2 Å². The van der Waals surface area contributed by atoms with Crippen molar-refractivity contribution < 1.29 is 4.74 Å². The van der Waals surface area contributed by atoms with Gasteiger partial charge in [-0.1, -0.05) is 17.7 Å². The van der Waals surface area contributed by atoms with Crippen LogP contribution in [-0.2, 0) is 6.42 Å². The Morgan fingerprint density at radius 2 is 2.00 bits per heavy atom. The third-order valence-electron chi connectivity index (χ3n) is 4.27. The Balaban J connectivity index is 2.11. The van der Waals surface area contributed by atoms with E-state index >= 15 is 0 Å². The van der Waals surface area contributed by atoms with E-state index in [1.165, 1.54) is 0 Å². The summed E-state index contributed by atoms with van der Waals surface area (Å²) in [5.74, 6) is 0.739. The molecule has 0 saturated carbocycles. The Kier molecular flexibility index (Phi) is 6.84. The molecule has 0 amide bonds. The summed E-state index contributed by atoms with van der Waals surface area (Å²) in [4.78, 5) is 13.0. The number of ether oxygens (including phenoxy) is 1. The lowest BCUT2D eigenvalue weighted by Gasteiger charge is -2.23. The number of nitrogens with zero attached hydrogens (tertiary/aromatic N) is 3. The van der Waals surface area contributed by atoms with E-state index in [1.807, 2.05) is 44.4 Å². The first-order valence-corrected chi connectivity index (χ1v) is 11.3. The second-order valence-corrected chi connectivity index (χ2v) is 9.71. The Labute approximate surface area is 187 Å². The Bertz CT molecular complexity index is 1080. The molecule has 158 valence electrons. The average Bonchev–Trinajstić information content (AvgIpc) is 3.10. The first-order valence-electron chi connectivity index (χ1n) is 10.0. The number of hydrogen-bond acceptors (Lipinski definition) is 5. The maximum Gasteiger partial charge on any atom is 0.215 e. The van der Waals surface area contributed by atoms with E-state index in [0.29, 0.717) is 23.1 Å².